The molecule has 1 aromatic heterocycles. The highest BCUT2D eigenvalue weighted by atomic mass is 16.2. The molecule has 0 bridgehead atoms. The van der Waals surface area contributed by atoms with Crippen LogP contribution < -0.4 is 10.9 Å². The molecule has 2 amide bonds. The van der Waals surface area contributed by atoms with Crippen molar-refractivity contribution in [2.75, 3.05) is 0 Å². The lowest BCUT2D eigenvalue weighted by molar-refractivity contribution is -0.121. The first-order valence-electron chi connectivity index (χ1n) is 9.46. The number of ketones is 1. The maximum Gasteiger partial charge on any atom is 0.270 e. The van der Waals surface area contributed by atoms with Gasteiger partial charge in [-0.2, -0.15) is 0 Å². The van der Waals surface area contributed by atoms with Crippen molar-refractivity contribution in [2.24, 2.45) is 0 Å². The molecule has 0 unspecified atom stereocenters. The summed E-state index contributed by atoms with van der Waals surface area (Å²) in [6.45, 7) is 0. The smallest absolute Gasteiger partial charge is 0.270 e. The van der Waals surface area contributed by atoms with Crippen LogP contribution in [-0.4, -0.2) is 22.6 Å². The van der Waals surface area contributed by atoms with E-state index in [1.165, 1.54) is 0 Å². The Labute approximate surface area is 172 Å². The van der Waals surface area contributed by atoms with Crippen molar-refractivity contribution in [3.8, 4) is 0 Å². The van der Waals surface area contributed by atoms with Crippen molar-refractivity contribution in [2.45, 2.75) is 6.42 Å². The molecule has 0 atom stereocenters. The number of hydrogen-bond donors (Lipinski definition) is 3. The van der Waals surface area contributed by atoms with Crippen LogP contribution in [0, 0.1) is 0 Å². The minimum Gasteiger partial charge on any atom is -0.361 e. The van der Waals surface area contributed by atoms with Crippen molar-refractivity contribution < 1.29 is 14.4 Å². The van der Waals surface area contributed by atoms with E-state index < -0.39 is 5.91 Å². The Kier molecular flexibility index (Phi) is 5.39. The van der Waals surface area contributed by atoms with E-state index in [2.05, 4.69) is 15.8 Å². The molecule has 6 nitrogen and oxygen atoms in total. The molecule has 0 fully saturated rings. The Bertz CT molecular complexity index is 1230. The number of benzene rings is 3. The van der Waals surface area contributed by atoms with Crippen molar-refractivity contribution in [1.82, 2.24) is 15.8 Å². The Morgan fingerprint density at radius 2 is 1.40 bits per heavy atom. The van der Waals surface area contributed by atoms with E-state index in [1.807, 2.05) is 30.3 Å². The number of carbonyl (C=O) groups excluding carboxylic acids is 3. The lowest BCUT2D eigenvalue weighted by Gasteiger charge is -2.10. The van der Waals surface area contributed by atoms with E-state index in [-0.39, 0.29) is 29.2 Å². The minimum absolute atomic E-state index is 0.106. The molecule has 0 spiro atoms. The third-order valence-corrected chi connectivity index (χ3v) is 4.79. The van der Waals surface area contributed by atoms with Gasteiger partial charge in [-0.05, 0) is 17.7 Å². The fraction of sp³-hybridized carbons (Fsp3) is 0.0417. The zero-order valence-corrected chi connectivity index (χ0v) is 16.0. The predicted molar refractivity (Wildman–Crippen MR) is 114 cm³/mol. The normalized spacial score (nSPS) is 10.5. The molecule has 3 N–H and O–H groups in total. The first-order valence-corrected chi connectivity index (χ1v) is 9.46. The SMILES string of the molecule is O=C(Cc1c[nH]c2ccccc12)NNC(=O)c1ccccc1C(=O)c1ccccc1. The van der Waals surface area contributed by atoms with Gasteiger partial charge in [0, 0.05) is 28.2 Å². The molecule has 0 aliphatic heterocycles. The Morgan fingerprint density at radius 3 is 2.20 bits per heavy atom. The van der Waals surface area contributed by atoms with Crippen LogP contribution >= 0.6 is 0 Å². The highest BCUT2D eigenvalue weighted by molar-refractivity contribution is 6.15. The minimum atomic E-state index is -0.554. The largest absolute Gasteiger partial charge is 0.361 e. The van der Waals surface area contributed by atoms with E-state index in [1.54, 1.807) is 54.7 Å². The van der Waals surface area contributed by atoms with Crippen LogP contribution in [0.5, 0.6) is 0 Å². The summed E-state index contributed by atoms with van der Waals surface area (Å²) in [5, 5.41) is 0.956. The summed E-state index contributed by atoms with van der Waals surface area (Å²) >= 11 is 0. The van der Waals surface area contributed by atoms with Crippen LogP contribution in [0.4, 0.5) is 0 Å². The van der Waals surface area contributed by atoms with Crippen LogP contribution in [0.3, 0.4) is 0 Å². The number of nitrogens with one attached hydrogen (secondary N) is 3. The molecule has 3 aromatic carbocycles. The second-order valence-electron chi connectivity index (χ2n) is 6.78. The van der Waals surface area contributed by atoms with Gasteiger partial charge in [0.25, 0.3) is 5.91 Å². The molecular weight excluding hydrogens is 378 g/mol. The van der Waals surface area contributed by atoms with Gasteiger partial charge in [0.05, 0.1) is 12.0 Å². The van der Waals surface area contributed by atoms with Gasteiger partial charge in [0.2, 0.25) is 5.91 Å². The molecule has 148 valence electrons. The number of rotatable bonds is 5. The summed E-state index contributed by atoms with van der Waals surface area (Å²) in [5.74, 6) is -1.17. The van der Waals surface area contributed by atoms with Gasteiger partial charge in [-0.15, -0.1) is 0 Å². The zero-order valence-electron chi connectivity index (χ0n) is 16.0. The maximum atomic E-state index is 12.8. The van der Waals surface area contributed by atoms with Gasteiger partial charge in [-0.1, -0.05) is 66.7 Å². The lowest BCUT2D eigenvalue weighted by Crippen LogP contribution is -2.42. The van der Waals surface area contributed by atoms with Crippen molar-refractivity contribution in [3.63, 3.8) is 0 Å². The fourth-order valence-corrected chi connectivity index (χ4v) is 3.31. The number of hydrazine groups is 1. The Morgan fingerprint density at radius 1 is 0.733 bits per heavy atom. The van der Waals surface area contributed by atoms with E-state index in [0.717, 1.165) is 16.5 Å². The van der Waals surface area contributed by atoms with Crippen molar-refractivity contribution >= 4 is 28.5 Å². The van der Waals surface area contributed by atoms with Crippen LogP contribution in [0.25, 0.3) is 10.9 Å². The molecule has 6 heteroatoms. The third-order valence-electron chi connectivity index (χ3n) is 4.79. The average molecular weight is 397 g/mol. The second kappa shape index (κ2) is 8.45. The van der Waals surface area contributed by atoms with Gasteiger partial charge in [0.1, 0.15) is 0 Å². The third kappa shape index (κ3) is 3.98. The van der Waals surface area contributed by atoms with Gasteiger partial charge >= 0.3 is 0 Å². The number of hydrogen-bond acceptors (Lipinski definition) is 3. The van der Waals surface area contributed by atoms with Crippen molar-refractivity contribution in [1.29, 1.82) is 0 Å². The van der Waals surface area contributed by atoms with Crippen LogP contribution in [0.1, 0.15) is 31.8 Å². The molecule has 0 saturated carbocycles. The quantitative estimate of drug-likeness (QED) is 0.356. The van der Waals surface area contributed by atoms with E-state index in [0.29, 0.717) is 5.56 Å². The fourth-order valence-electron chi connectivity index (χ4n) is 3.31. The summed E-state index contributed by atoms with van der Waals surface area (Å²) in [7, 11) is 0. The number of H-pyrrole nitrogens is 1. The zero-order chi connectivity index (χ0) is 20.9. The number of amides is 2. The topological polar surface area (TPSA) is 91.1 Å². The van der Waals surface area contributed by atoms with Gasteiger partial charge < -0.3 is 4.98 Å². The number of aromatic nitrogens is 1. The maximum absolute atomic E-state index is 12.8. The van der Waals surface area contributed by atoms with Crippen molar-refractivity contribution in [3.05, 3.63) is 107 Å². The highest BCUT2D eigenvalue weighted by Crippen LogP contribution is 2.18. The predicted octanol–water partition coefficient (Wildman–Crippen LogP) is 3.40. The highest BCUT2D eigenvalue weighted by Gasteiger charge is 2.18. The molecular formula is C24H19N3O3. The number of fused-ring (bicyclic) bond motifs is 1. The summed E-state index contributed by atoms with van der Waals surface area (Å²) in [4.78, 5) is 40.8. The van der Waals surface area contributed by atoms with Gasteiger partial charge in [-0.25, -0.2) is 0 Å². The van der Waals surface area contributed by atoms with E-state index >= 15 is 0 Å². The number of carbonyl (C=O) groups is 3. The van der Waals surface area contributed by atoms with Crippen LogP contribution in [-0.2, 0) is 11.2 Å². The molecule has 0 saturated heterocycles. The average Bonchev–Trinajstić information content (AvgIpc) is 3.20. The first kappa shape index (κ1) is 19.1. The van der Waals surface area contributed by atoms with Gasteiger partial charge in [-0.3, -0.25) is 25.2 Å². The van der Waals surface area contributed by atoms with E-state index in [9.17, 15) is 14.4 Å². The molecule has 30 heavy (non-hydrogen) atoms. The number of aromatic amines is 1. The standard InChI is InChI=1S/C24H19N3O3/c28-22(14-17-15-25-21-13-7-6-10-18(17)21)26-27-24(30)20-12-5-4-11-19(20)23(29)16-8-2-1-3-9-16/h1-13,15,25H,14H2,(H,26,28)(H,27,30). The Balaban J connectivity index is 1.44. The lowest BCUT2D eigenvalue weighted by atomic mass is 9.98. The monoisotopic (exact) mass is 397 g/mol. The van der Waals surface area contributed by atoms with Crippen LogP contribution in [0.2, 0.25) is 0 Å². The summed E-state index contributed by atoms with van der Waals surface area (Å²) in [6, 6.07) is 22.9. The molecule has 1 heterocycles. The number of para-hydroxylation sites is 1. The van der Waals surface area contributed by atoms with Crippen LogP contribution in [0.15, 0.2) is 85.1 Å². The first-order chi connectivity index (χ1) is 14.6. The summed E-state index contributed by atoms with van der Waals surface area (Å²) < 4.78 is 0. The molecule has 0 aliphatic carbocycles. The Hall–Kier alpha value is -4.19. The summed E-state index contributed by atoms with van der Waals surface area (Å²) in [5.41, 5.74) is 7.55. The molecule has 4 aromatic rings. The molecule has 0 aliphatic rings. The summed E-state index contributed by atoms with van der Waals surface area (Å²) in [6.07, 6.45) is 1.88. The van der Waals surface area contributed by atoms with E-state index in [4.69, 9.17) is 0 Å². The molecule has 0 radical (unpaired) electrons. The van der Waals surface area contributed by atoms with Gasteiger partial charge in [0.15, 0.2) is 5.78 Å². The second-order valence-corrected chi connectivity index (χ2v) is 6.78. The molecule has 4 rings (SSSR count).